The number of rotatable bonds is 0. The average molecular weight is 242 g/mol. The first-order valence-electron chi connectivity index (χ1n) is 0. The summed E-state index contributed by atoms with van der Waals surface area (Å²) in [5.41, 5.74) is 0. The van der Waals surface area contributed by atoms with Crippen molar-refractivity contribution >= 4 is 23.9 Å². The third kappa shape index (κ3) is 8.83. The summed E-state index contributed by atoms with van der Waals surface area (Å²) in [6, 6.07) is 0. The molecule has 0 spiro atoms. The van der Waals surface area contributed by atoms with Gasteiger partial charge in [-0.3, -0.25) is 0 Å². The standard InChI is InChI=1S/Li.Mn.Ni.Sn.3H/q+1;;;;;;-1. The summed E-state index contributed by atoms with van der Waals surface area (Å²) in [7, 11) is 0. The molecule has 0 amide bonds. The van der Waals surface area contributed by atoms with E-state index >= 15 is 0 Å². The Morgan fingerprint density at radius 3 is 1.25 bits per heavy atom. The topological polar surface area (TPSA) is 0 Å². The molecule has 25 valence electrons. The summed E-state index contributed by atoms with van der Waals surface area (Å²) in [6.45, 7) is 0. The van der Waals surface area contributed by atoms with Crippen LogP contribution in [0.1, 0.15) is 1.43 Å². The molecule has 0 saturated carbocycles. The van der Waals surface area contributed by atoms with Gasteiger partial charge in [0.15, 0.2) is 0 Å². The summed E-state index contributed by atoms with van der Waals surface area (Å²) in [6.07, 6.45) is 0. The molecule has 0 unspecified atom stereocenters. The van der Waals surface area contributed by atoms with Crippen LogP contribution in [0.15, 0.2) is 0 Å². The molecule has 0 bridgehead atoms. The van der Waals surface area contributed by atoms with Gasteiger partial charge in [0, 0.05) is 33.6 Å². The zero-order valence-corrected chi connectivity index (χ0v) is 8.61. The Morgan fingerprint density at radius 2 is 1.25 bits per heavy atom. The molecule has 3 radical (unpaired) electrons. The molecule has 4 heavy (non-hydrogen) atoms. The third-order valence-electron chi connectivity index (χ3n) is 0. The normalized spacial score (nSPS) is 0. The summed E-state index contributed by atoms with van der Waals surface area (Å²) in [4.78, 5) is 0. The third-order valence-corrected chi connectivity index (χ3v) is 0. The summed E-state index contributed by atoms with van der Waals surface area (Å²) in [5, 5.41) is 0. The van der Waals surface area contributed by atoms with Crippen LogP contribution in [0.4, 0.5) is 0 Å². The molecule has 0 aliphatic rings. The predicted octanol–water partition coefficient (Wildman–Crippen LogP) is -3.80. The van der Waals surface area contributed by atoms with Gasteiger partial charge in [0.1, 0.15) is 0 Å². The maximum absolute atomic E-state index is 0. The Labute approximate surface area is 76.9 Å². The molecule has 0 heterocycles. The second kappa shape index (κ2) is 18.1. The second-order valence-electron chi connectivity index (χ2n) is 0. The van der Waals surface area contributed by atoms with E-state index in [1.165, 1.54) is 0 Å². The quantitative estimate of drug-likeness (QED) is 0.382. The van der Waals surface area contributed by atoms with E-state index in [4.69, 9.17) is 0 Å². The Kier molecular flexibility index (Phi) is 146. The van der Waals surface area contributed by atoms with Gasteiger partial charge in [-0.2, -0.15) is 0 Å². The molecular formula is H3LiMnNiSn. The summed E-state index contributed by atoms with van der Waals surface area (Å²) < 4.78 is 0. The van der Waals surface area contributed by atoms with Crippen molar-refractivity contribution in [3.63, 3.8) is 0 Å². The molecule has 0 aromatic carbocycles. The predicted molar refractivity (Wildman–Crippen MR) is 9.66 cm³/mol. The van der Waals surface area contributed by atoms with Crippen LogP contribution in [0.2, 0.25) is 0 Å². The fraction of sp³-hybridized carbons (Fsp3) is 0. The first-order chi connectivity index (χ1) is 0. The first-order valence-corrected chi connectivity index (χ1v) is 0. The Bertz CT molecular complexity index is 11.6. The molecule has 0 aliphatic carbocycles. The number of hydrogen-bond acceptors (Lipinski definition) is 0. The van der Waals surface area contributed by atoms with Gasteiger partial charge in [-0.15, -0.1) is 0 Å². The van der Waals surface area contributed by atoms with Crippen molar-refractivity contribution in [2.75, 3.05) is 0 Å². The molecule has 0 atom stereocenters. The minimum atomic E-state index is 0. The van der Waals surface area contributed by atoms with Gasteiger partial charge in [0.05, 0.1) is 0 Å². The molecular weight excluding hydrogens is 239 g/mol. The molecule has 0 saturated heterocycles. The van der Waals surface area contributed by atoms with E-state index in [9.17, 15) is 0 Å². The van der Waals surface area contributed by atoms with Gasteiger partial charge in [-0.1, -0.05) is 0 Å². The van der Waals surface area contributed by atoms with Gasteiger partial charge in [-0.25, -0.2) is 0 Å². The first kappa shape index (κ1) is 32.3. The van der Waals surface area contributed by atoms with Crippen LogP contribution in [0, 0.1) is 0 Å². The summed E-state index contributed by atoms with van der Waals surface area (Å²) in [5.74, 6) is 0. The van der Waals surface area contributed by atoms with E-state index in [0.29, 0.717) is 0 Å². The van der Waals surface area contributed by atoms with Crippen LogP contribution in [-0.2, 0) is 33.6 Å². The molecule has 0 nitrogen and oxygen atoms in total. The SMILES string of the molecule is [H-].[Li+].[Mn].[Ni].[SnH2]. The average Bonchev–Trinajstić information content (AvgIpc) is 0. The van der Waals surface area contributed by atoms with E-state index in [1.807, 2.05) is 0 Å². The molecule has 0 fully saturated rings. The van der Waals surface area contributed by atoms with E-state index < -0.39 is 0 Å². The van der Waals surface area contributed by atoms with Crippen LogP contribution in [0.3, 0.4) is 0 Å². The van der Waals surface area contributed by atoms with Crippen LogP contribution >= 0.6 is 0 Å². The van der Waals surface area contributed by atoms with Gasteiger partial charge in [0.2, 0.25) is 0 Å². The zero-order valence-electron chi connectivity index (χ0n) is 3.40. The molecule has 0 rings (SSSR count). The summed E-state index contributed by atoms with van der Waals surface area (Å²) >= 11 is 0. The molecule has 0 N–H and O–H groups in total. The van der Waals surface area contributed by atoms with Gasteiger partial charge in [-0.05, 0) is 0 Å². The van der Waals surface area contributed by atoms with Crippen molar-refractivity contribution in [2.24, 2.45) is 0 Å². The van der Waals surface area contributed by atoms with Crippen LogP contribution in [-0.4, -0.2) is 23.9 Å². The number of hydrogen-bond donors (Lipinski definition) is 0. The second-order valence-corrected chi connectivity index (χ2v) is 0. The zero-order chi connectivity index (χ0) is 0. The maximum atomic E-state index is 0. The Balaban J connectivity index is 0. The van der Waals surface area contributed by atoms with E-state index in [1.54, 1.807) is 0 Å². The van der Waals surface area contributed by atoms with Crippen LogP contribution in [0.25, 0.3) is 0 Å². The van der Waals surface area contributed by atoms with Crippen LogP contribution < -0.4 is 18.9 Å². The molecule has 4 heteroatoms. The fourth-order valence-corrected chi connectivity index (χ4v) is 0. The van der Waals surface area contributed by atoms with Crippen molar-refractivity contribution < 1.29 is 53.8 Å². The van der Waals surface area contributed by atoms with Crippen molar-refractivity contribution in [3.8, 4) is 0 Å². The van der Waals surface area contributed by atoms with Crippen molar-refractivity contribution in [1.82, 2.24) is 0 Å². The van der Waals surface area contributed by atoms with E-state index in [0.717, 1.165) is 0 Å². The van der Waals surface area contributed by atoms with Crippen molar-refractivity contribution in [1.29, 1.82) is 0 Å². The monoisotopic (exact) mass is 243 g/mol. The minimum absolute atomic E-state index is 0. The Hall–Kier alpha value is 2.41. The molecule has 0 aliphatic heterocycles. The van der Waals surface area contributed by atoms with Crippen LogP contribution in [0.5, 0.6) is 0 Å². The Morgan fingerprint density at radius 1 is 1.25 bits per heavy atom. The molecule has 0 aromatic heterocycles. The van der Waals surface area contributed by atoms with Crippen molar-refractivity contribution in [3.05, 3.63) is 0 Å². The van der Waals surface area contributed by atoms with E-state index in [-0.39, 0.29) is 77.8 Å². The van der Waals surface area contributed by atoms with Crippen molar-refractivity contribution in [2.45, 2.75) is 0 Å². The van der Waals surface area contributed by atoms with Gasteiger partial charge < -0.3 is 1.43 Å². The molecule has 0 aromatic rings. The fourth-order valence-electron chi connectivity index (χ4n) is 0. The van der Waals surface area contributed by atoms with E-state index in [2.05, 4.69) is 0 Å². The van der Waals surface area contributed by atoms with Gasteiger partial charge in [0.25, 0.3) is 0 Å². The van der Waals surface area contributed by atoms with Gasteiger partial charge >= 0.3 is 42.8 Å².